The maximum Gasteiger partial charge on any atom is 0.252 e. The Morgan fingerprint density at radius 2 is 2.23 bits per heavy atom. The number of amides is 1. The number of likely N-dealkylation sites (tertiary alicyclic amines) is 2. The molecule has 3 heterocycles. The normalized spacial score (nSPS) is 26.3. The third-order valence-corrected chi connectivity index (χ3v) is 4.78. The zero-order valence-electron chi connectivity index (χ0n) is 13.4. The van der Waals surface area contributed by atoms with Gasteiger partial charge in [0.2, 0.25) is 5.91 Å². The summed E-state index contributed by atoms with van der Waals surface area (Å²) in [5, 5.41) is 3.98. The van der Waals surface area contributed by atoms with Gasteiger partial charge in [0.25, 0.3) is 5.89 Å². The molecule has 0 aromatic carbocycles. The van der Waals surface area contributed by atoms with Gasteiger partial charge in [-0.3, -0.25) is 9.69 Å². The van der Waals surface area contributed by atoms with Crippen molar-refractivity contribution >= 4 is 5.91 Å². The Morgan fingerprint density at radius 3 is 3.00 bits per heavy atom. The summed E-state index contributed by atoms with van der Waals surface area (Å²) in [6.07, 6.45) is 3.04. The molecule has 0 radical (unpaired) electrons. The maximum atomic E-state index is 12.7. The first kappa shape index (κ1) is 15.4. The largest absolute Gasteiger partial charge is 0.375 e. The van der Waals surface area contributed by atoms with Crippen molar-refractivity contribution in [1.82, 2.24) is 19.9 Å². The Balaban J connectivity index is 1.62. The predicted molar refractivity (Wildman–Crippen MR) is 78.8 cm³/mol. The minimum absolute atomic E-state index is 0.187. The minimum Gasteiger partial charge on any atom is -0.375 e. The molecule has 122 valence electrons. The Bertz CT molecular complexity index is 533. The van der Waals surface area contributed by atoms with E-state index in [0.717, 1.165) is 45.4 Å². The Kier molecular flexibility index (Phi) is 4.44. The first-order valence-corrected chi connectivity index (χ1v) is 7.99. The molecule has 2 aliphatic rings. The van der Waals surface area contributed by atoms with Crippen molar-refractivity contribution in [1.29, 1.82) is 0 Å². The molecule has 2 aliphatic heterocycles. The zero-order chi connectivity index (χ0) is 15.6. The summed E-state index contributed by atoms with van der Waals surface area (Å²) >= 11 is 0. The number of ether oxygens (including phenoxy) is 1. The van der Waals surface area contributed by atoms with Crippen molar-refractivity contribution in [2.75, 3.05) is 33.3 Å². The van der Waals surface area contributed by atoms with E-state index in [1.165, 1.54) is 0 Å². The second kappa shape index (κ2) is 6.34. The summed E-state index contributed by atoms with van der Waals surface area (Å²) in [7, 11) is 1.60. The molecule has 0 aliphatic carbocycles. The molecular weight excluding hydrogens is 284 g/mol. The smallest absolute Gasteiger partial charge is 0.252 e. The lowest BCUT2D eigenvalue weighted by molar-refractivity contribution is -0.145. The van der Waals surface area contributed by atoms with E-state index in [0.29, 0.717) is 30.8 Å². The van der Waals surface area contributed by atoms with Crippen LogP contribution in [0.3, 0.4) is 0 Å². The molecular formula is C15H24N4O3. The van der Waals surface area contributed by atoms with Gasteiger partial charge < -0.3 is 14.2 Å². The second-order valence-corrected chi connectivity index (χ2v) is 6.27. The molecule has 1 aromatic rings. The summed E-state index contributed by atoms with van der Waals surface area (Å²) in [4.78, 5) is 21.3. The van der Waals surface area contributed by atoms with Gasteiger partial charge in [0.1, 0.15) is 6.61 Å². The van der Waals surface area contributed by atoms with Gasteiger partial charge in [-0.2, -0.15) is 4.98 Å². The first-order chi connectivity index (χ1) is 10.7. The summed E-state index contributed by atoms with van der Waals surface area (Å²) in [5.74, 6) is 1.49. The quantitative estimate of drug-likeness (QED) is 0.809. The van der Waals surface area contributed by atoms with Gasteiger partial charge in [0.05, 0.1) is 12.0 Å². The van der Waals surface area contributed by atoms with Gasteiger partial charge in [-0.05, 0) is 32.7 Å². The maximum absolute atomic E-state index is 12.7. The molecule has 0 bridgehead atoms. The number of carbonyl (C=O) groups excluding carboxylic acids is 1. The minimum atomic E-state index is -0.187. The number of carbonyl (C=O) groups is 1. The molecule has 1 atom stereocenters. The molecule has 22 heavy (non-hydrogen) atoms. The van der Waals surface area contributed by atoms with Crippen LogP contribution in [0.5, 0.6) is 0 Å². The van der Waals surface area contributed by atoms with Crippen molar-refractivity contribution in [2.24, 2.45) is 5.41 Å². The van der Waals surface area contributed by atoms with E-state index in [2.05, 4.69) is 22.0 Å². The lowest BCUT2D eigenvalue weighted by Gasteiger charge is -2.39. The second-order valence-electron chi connectivity index (χ2n) is 6.27. The summed E-state index contributed by atoms with van der Waals surface area (Å²) in [6.45, 7) is 6.46. The van der Waals surface area contributed by atoms with E-state index < -0.39 is 0 Å². The highest BCUT2D eigenvalue weighted by atomic mass is 16.5. The predicted octanol–water partition coefficient (Wildman–Crippen LogP) is 1.05. The average Bonchev–Trinajstić information content (AvgIpc) is 3.11. The van der Waals surface area contributed by atoms with Gasteiger partial charge in [-0.1, -0.05) is 5.16 Å². The van der Waals surface area contributed by atoms with Crippen LogP contribution in [0.15, 0.2) is 4.52 Å². The average molecular weight is 308 g/mol. The van der Waals surface area contributed by atoms with Crippen LogP contribution in [-0.2, 0) is 22.7 Å². The summed E-state index contributed by atoms with van der Waals surface area (Å²) in [6, 6.07) is 0. The number of rotatable bonds is 5. The molecule has 1 spiro atoms. The van der Waals surface area contributed by atoms with E-state index in [9.17, 15) is 4.79 Å². The number of methoxy groups -OCH3 is 1. The molecule has 7 nitrogen and oxygen atoms in total. The Hall–Kier alpha value is -1.47. The van der Waals surface area contributed by atoms with Gasteiger partial charge >= 0.3 is 0 Å². The van der Waals surface area contributed by atoms with Crippen LogP contribution >= 0.6 is 0 Å². The van der Waals surface area contributed by atoms with Crippen LogP contribution < -0.4 is 0 Å². The number of piperidine rings is 1. The van der Waals surface area contributed by atoms with Gasteiger partial charge in [0.15, 0.2) is 5.82 Å². The molecule has 7 heteroatoms. The molecule has 1 aromatic heterocycles. The summed E-state index contributed by atoms with van der Waals surface area (Å²) < 4.78 is 10.1. The van der Waals surface area contributed by atoms with E-state index >= 15 is 0 Å². The van der Waals surface area contributed by atoms with Gasteiger partial charge in [0, 0.05) is 26.7 Å². The number of hydrogen-bond acceptors (Lipinski definition) is 6. The van der Waals surface area contributed by atoms with Crippen LogP contribution in [0.4, 0.5) is 0 Å². The monoisotopic (exact) mass is 308 g/mol. The first-order valence-electron chi connectivity index (χ1n) is 7.99. The van der Waals surface area contributed by atoms with Crippen LogP contribution in [0.25, 0.3) is 0 Å². The highest BCUT2D eigenvalue weighted by Gasteiger charge is 2.47. The fourth-order valence-electron chi connectivity index (χ4n) is 3.66. The number of aromatic nitrogens is 2. The highest BCUT2D eigenvalue weighted by Crippen LogP contribution is 2.40. The fourth-order valence-corrected chi connectivity index (χ4v) is 3.66. The topological polar surface area (TPSA) is 71.7 Å². The van der Waals surface area contributed by atoms with Crippen LogP contribution in [0.2, 0.25) is 0 Å². The Labute approximate surface area is 130 Å². The molecule has 0 saturated carbocycles. The SMILES string of the molecule is CCN1CCC[C@]2(CCN(Cc3noc(COC)n3)C2)C1=O. The van der Waals surface area contributed by atoms with Crippen LogP contribution in [-0.4, -0.2) is 59.1 Å². The van der Waals surface area contributed by atoms with Crippen LogP contribution in [0, 0.1) is 5.41 Å². The van der Waals surface area contributed by atoms with E-state index in [1.807, 2.05) is 4.90 Å². The summed E-state index contributed by atoms with van der Waals surface area (Å²) in [5.41, 5.74) is -0.187. The molecule has 0 unspecified atom stereocenters. The molecule has 1 amide bonds. The molecule has 0 N–H and O–H groups in total. The van der Waals surface area contributed by atoms with Crippen molar-refractivity contribution < 1.29 is 14.1 Å². The van der Waals surface area contributed by atoms with E-state index in [4.69, 9.17) is 9.26 Å². The van der Waals surface area contributed by atoms with E-state index in [-0.39, 0.29) is 5.41 Å². The number of hydrogen-bond donors (Lipinski definition) is 0. The van der Waals surface area contributed by atoms with E-state index in [1.54, 1.807) is 7.11 Å². The lowest BCUT2D eigenvalue weighted by atomic mass is 9.78. The van der Waals surface area contributed by atoms with Crippen LogP contribution in [0.1, 0.15) is 37.9 Å². The fraction of sp³-hybridized carbons (Fsp3) is 0.800. The standard InChI is InChI=1S/C15H24N4O3/c1-3-19-7-4-5-15(14(19)20)6-8-18(11-15)9-12-16-13(10-21-2)22-17-12/h3-11H2,1-2H3/t15-/m1/s1. The molecule has 2 saturated heterocycles. The van der Waals surface area contributed by atoms with Crippen molar-refractivity contribution in [3.8, 4) is 0 Å². The third kappa shape index (κ3) is 2.87. The third-order valence-electron chi connectivity index (χ3n) is 4.78. The Morgan fingerprint density at radius 1 is 1.36 bits per heavy atom. The van der Waals surface area contributed by atoms with Gasteiger partial charge in [-0.15, -0.1) is 0 Å². The van der Waals surface area contributed by atoms with Gasteiger partial charge in [-0.25, -0.2) is 0 Å². The molecule has 3 rings (SSSR count). The molecule has 2 fully saturated rings. The lowest BCUT2D eigenvalue weighted by Crippen LogP contribution is -2.49. The zero-order valence-corrected chi connectivity index (χ0v) is 13.4. The van der Waals surface area contributed by atoms with Crippen molar-refractivity contribution in [2.45, 2.75) is 39.3 Å². The van der Waals surface area contributed by atoms with Crippen molar-refractivity contribution in [3.05, 3.63) is 11.7 Å². The highest BCUT2D eigenvalue weighted by molar-refractivity contribution is 5.84. The van der Waals surface area contributed by atoms with Crippen molar-refractivity contribution in [3.63, 3.8) is 0 Å². The number of nitrogens with zero attached hydrogens (tertiary/aromatic N) is 4.